The number of aryl methyl sites for hydroxylation is 1. The number of nitrogens with two attached hydrogens (primary N) is 1. The van der Waals surface area contributed by atoms with E-state index in [-0.39, 0.29) is 5.91 Å². The maximum absolute atomic E-state index is 12.2. The first kappa shape index (κ1) is 11.2. The first-order valence-electron chi connectivity index (χ1n) is 5.13. The lowest BCUT2D eigenvalue weighted by Crippen LogP contribution is -2.27. The van der Waals surface area contributed by atoms with Crippen LogP contribution in [-0.4, -0.2) is 17.9 Å². The molecule has 1 amide bonds. The number of nitrogens with zero attached hydrogens (tertiary/aromatic N) is 2. The lowest BCUT2D eigenvalue weighted by molar-refractivity contribution is 0.0991. The van der Waals surface area contributed by atoms with Crippen LogP contribution in [0.1, 0.15) is 16.1 Å². The van der Waals surface area contributed by atoms with Crippen LogP contribution in [0.5, 0.6) is 0 Å². The number of carbonyl (C=O) groups is 1. The monoisotopic (exact) mass is 231 g/mol. The van der Waals surface area contributed by atoms with Crippen molar-refractivity contribution in [1.82, 2.24) is 4.98 Å². The van der Waals surface area contributed by atoms with Crippen molar-refractivity contribution in [3.63, 3.8) is 0 Å². The van der Waals surface area contributed by atoms with E-state index in [0.29, 0.717) is 22.7 Å². The van der Waals surface area contributed by atoms with Crippen molar-refractivity contribution in [3.05, 3.63) is 42.1 Å². The average molecular weight is 231 g/mol. The van der Waals surface area contributed by atoms with Crippen LogP contribution in [0.3, 0.4) is 0 Å². The largest absolute Gasteiger partial charge is 0.469 e. The van der Waals surface area contributed by atoms with E-state index in [2.05, 4.69) is 4.98 Å². The number of hydrogen-bond acceptors (Lipinski definition) is 4. The smallest absolute Gasteiger partial charge is 0.261 e. The van der Waals surface area contributed by atoms with Gasteiger partial charge in [-0.1, -0.05) is 0 Å². The summed E-state index contributed by atoms with van der Waals surface area (Å²) in [6.07, 6.45) is 4.60. The minimum absolute atomic E-state index is 0.158. The van der Waals surface area contributed by atoms with Crippen LogP contribution >= 0.6 is 0 Å². The summed E-state index contributed by atoms with van der Waals surface area (Å²) in [6.45, 7) is 1.75. The highest BCUT2D eigenvalue weighted by Gasteiger charge is 2.18. The fourth-order valence-electron chi connectivity index (χ4n) is 1.60. The van der Waals surface area contributed by atoms with E-state index in [1.807, 2.05) is 0 Å². The van der Waals surface area contributed by atoms with Gasteiger partial charge in [-0.3, -0.25) is 9.78 Å². The summed E-state index contributed by atoms with van der Waals surface area (Å²) in [5, 5.41) is 0. The molecule has 17 heavy (non-hydrogen) atoms. The lowest BCUT2D eigenvalue weighted by atomic mass is 10.2. The molecule has 0 atom stereocenters. The van der Waals surface area contributed by atoms with Crippen molar-refractivity contribution in [3.8, 4) is 0 Å². The van der Waals surface area contributed by atoms with Crippen molar-refractivity contribution in [1.29, 1.82) is 0 Å². The Balaban J connectivity index is 2.33. The van der Waals surface area contributed by atoms with Crippen LogP contribution < -0.4 is 10.6 Å². The molecule has 0 aliphatic heterocycles. The van der Waals surface area contributed by atoms with Gasteiger partial charge in [0.05, 0.1) is 29.4 Å². The summed E-state index contributed by atoms with van der Waals surface area (Å²) in [4.78, 5) is 17.5. The summed E-state index contributed by atoms with van der Waals surface area (Å²) in [7, 11) is 1.67. The van der Waals surface area contributed by atoms with Crippen LogP contribution in [0.15, 0.2) is 35.2 Å². The second kappa shape index (κ2) is 4.29. The number of carbonyl (C=O) groups excluding carboxylic acids is 1. The van der Waals surface area contributed by atoms with E-state index >= 15 is 0 Å². The molecule has 0 spiro atoms. The Morgan fingerprint density at radius 2 is 2.24 bits per heavy atom. The van der Waals surface area contributed by atoms with Gasteiger partial charge in [0, 0.05) is 13.2 Å². The van der Waals surface area contributed by atoms with Crippen LogP contribution in [-0.2, 0) is 0 Å². The second-order valence-electron chi connectivity index (χ2n) is 3.69. The van der Waals surface area contributed by atoms with Gasteiger partial charge in [-0.15, -0.1) is 0 Å². The molecule has 2 rings (SSSR count). The van der Waals surface area contributed by atoms with Gasteiger partial charge in [0.25, 0.3) is 5.91 Å². The number of pyridine rings is 1. The van der Waals surface area contributed by atoms with Gasteiger partial charge < -0.3 is 15.1 Å². The molecule has 0 bridgehead atoms. The Morgan fingerprint density at radius 1 is 1.47 bits per heavy atom. The van der Waals surface area contributed by atoms with E-state index in [1.54, 1.807) is 32.3 Å². The summed E-state index contributed by atoms with van der Waals surface area (Å²) < 4.78 is 5.11. The zero-order valence-electron chi connectivity index (χ0n) is 9.68. The number of amides is 1. The van der Waals surface area contributed by atoms with E-state index in [1.165, 1.54) is 17.4 Å². The zero-order valence-corrected chi connectivity index (χ0v) is 9.68. The molecule has 2 aromatic rings. The number of nitrogen functional groups attached to an aromatic ring is 1. The highest BCUT2D eigenvalue weighted by Crippen LogP contribution is 2.22. The van der Waals surface area contributed by atoms with E-state index in [9.17, 15) is 4.79 Å². The Hall–Kier alpha value is -2.30. The van der Waals surface area contributed by atoms with Crippen molar-refractivity contribution in [2.24, 2.45) is 0 Å². The predicted molar refractivity (Wildman–Crippen MR) is 64.8 cm³/mol. The van der Waals surface area contributed by atoms with Crippen LogP contribution in [0, 0.1) is 6.92 Å². The Bertz CT molecular complexity index is 548. The molecule has 2 N–H and O–H groups in total. The normalized spacial score (nSPS) is 10.2. The molecular formula is C12H13N3O2. The van der Waals surface area contributed by atoms with Gasteiger partial charge in [-0.2, -0.15) is 0 Å². The SMILES string of the molecule is Cc1occc1C(=O)N(C)c1ccncc1N. The Kier molecular flexibility index (Phi) is 2.82. The standard InChI is InChI=1S/C12H13N3O2/c1-8-9(4-6-17-8)12(16)15(2)11-3-5-14-7-10(11)13/h3-7H,13H2,1-2H3. The first-order chi connectivity index (χ1) is 8.11. The molecule has 0 saturated carbocycles. The van der Waals surface area contributed by atoms with E-state index < -0.39 is 0 Å². The predicted octanol–water partition coefficient (Wildman–Crippen LogP) is 1.84. The third-order valence-corrected chi connectivity index (χ3v) is 2.58. The molecule has 0 radical (unpaired) electrons. The number of anilines is 2. The van der Waals surface area contributed by atoms with Gasteiger partial charge >= 0.3 is 0 Å². The van der Waals surface area contributed by atoms with Gasteiger partial charge in [0.2, 0.25) is 0 Å². The third kappa shape index (κ3) is 1.99. The molecule has 2 heterocycles. The van der Waals surface area contributed by atoms with E-state index in [0.717, 1.165) is 0 Å². The molecule has 0 saturated heterocycles. The van der Waals surface area contributed by atoms with Gasteiger partial charge in [-0.05, 0) is 19.1 Å². The summed E-state index contributed by atoms with van der Waals surface area (Å²) in [5.74, 6) is 0.434. The van der Waals surface area contributed by atoms with Crippen LogP contribution in [0.25, 0.3) is 0 Å². The molecule has 0 fully saturated rings. The van der Waals surface area contributed by atoms with Crippen molar-refractivity contribution < 1.29 is 9.21 Å². The van der Waals surface area contributed by atoms with Crippen molar-refractivity contribution in [2.75, 3.05) is 17.7 Å². The highest BCUT2D eigenvalue weighted by molar-refractivity contribution is 6.07. The van der Waals surface area contributed by atoms with Crippen LogP contribution in [0.2, 0.25) is 0 Å². The maximum atomic E-state index is 12.2. The number of hydrogen-bond donors (Lipinski definition) is 1. The minimum Gasteiger partial charge on any atom is -0.469 e. The molecule has 0 aromatic carbocycles. The first-order valence-corrected chi connectivity index (χ1v) is 5.13. The van der Waals surface area contributed by atoms with E-state index in [4.69, 9.17) is 10.2 Å². The minimum atomic E-state index is -0.158. The number of rotatable bonds is 2. The Morgan fingerprint density at radius 3 is 2.82 bits per heavy atom. The van der Waals surface area contributed by atoms with Gasteiger partial charge in [0.15, 0.2) is 0 Å². The summed E-state index contributed by atoms with van der Waals surface area (Å²) in [5.41, 5.74) is 7.39. The fraction of sp³-hybridized carbons (Fsp3) is 0.167. The second-order valence-corrected chi connectivity index (χ2v) is 3.69. The molecule has 5 nitrogen and oxygen atoms in total. The van der Waals surface area contributed by atoms with Crippen molar-refractivity contribution >= 4 is 17.3 Å². The molecule has 5 heteroatoms. The number of furan rings is 1. The zero-order chi connectivity index (χ0) is 12.4. The van der Waals surface area contributed by atoms with Gasteiger partial charge in [-0.25, -0.2) is 0 Å². The van der Waals surface area contributed by atoms with Gasteiger partial charge in [0.1, 0.15) is 5.76 Å². The average Bonchev–Trinajstić information content (AvgIpc) is 2.74. The maximum Gasteiger partial charge on any atom is 0.261 e. The summed E-state index contributed by atoms with van der Waals surface area (Å²) >= 11 is 0. The lowest BCUT2D eigenvalue weighted by Gasteiger charge is -2.18. The third-order valence-electron chi connectivity index (χ3n) is 2.58. The Labute approximate surface area is 98.9 Å². The van der Waals surface area contributed by atoms with Crippen molar-refractivity contribution in [2.45, 2.75) is 6.92 Å². The molecule has 2 aromatic heterocycles. The molecule has 0 unspecified atom stereocenters. The fourth-order valence-corrected chi connectivity index (χ4v) is 1.60. The molecular weight excluding hydrogens is 218 g/mol. The summed E-state index contributed by atoms with van der Waals surface area (Å²) in [6, 6.07) is 3.34. The quantitative estimate of drug-likeness (QED) is 0.855. The molecule has 0 aliphatic rings. The van der Waals surface area contributed by atoms with Crippen LogP contribution in [0.4, 0.5) is 11.4 Å². The molecule has 0 aliphatic carbocycles. The number of aromatic nitrogens is 1. The highest BCUT2D eigenvalue weighted by atomic mass is 16.3. The molecule has 88 valence electrons. The topological polar surface area (TPSA) is 72.4 Å².